The topological polar surface area (TPSA) is 69.6 Å². The van der Waals surface area contributed by atoms with Crippen LogP contribution in [-0.2, 0) is 4.79 Å². The third-order valence-electron chi connectivity index (χ3n) is 7.82. The SMILES string of the molecule is CCCCC/C=C\C/C=C\CCCCCCCC(=O)NC(O)CC(O)CCCCCCCCCCCCCCC. The van der Waals surface area contributed by atoms with Crippen molar-refractivity contribution < 1.29 is 15.0 Å². The van der Waals surface area contributed by atoms with Gasteiger partial charge in [0, 0.05) is 12.8 Å². The molecule has 0 rings (SSSR count). The molecule has 0 aliphatic heterocycles. The van der Waals surface area contributed by atoms with Crippen LogP contribution in [0.15, 0.2) is 24.3 Å². The molecule has 3 N–H and O–H groups in total. The van der Waals surface area contributed by atoms with Gasteiger partial charge < -0.3 is 15.5 Å². The second kappa shape index (κ2) is 32.4. The summed E-state index contributed by atoms with van der Waals surface area (Å²) in [6.07, 6.45) is 38.9. The molecule has 0 fully saturated rings. The number of unbranched alkanes of at least 4 members (excludes halogenated alkanes) is 20. The maximum Gasteiger partial charge on any atom is 0.221 e. The zero-order chi connectivity index (χ0) is 29.4. The van der Waals surface area contributed by atoms with Crippen LogP contribution in [0.1, 0.15) is 187 Å². The molecule has 0 aliphatic carbocycles. The van der Waals surface area contributed by atoms with E-state index in [1.54, 1.807) is 0 Å². The van der Waals surface area contributed by atoms with Gasteiger partial charge in [-0.2, -0.15) is 0 Å². The van der Waals surface area contributed by atoms with Crippen LogP contribution in [0.2, 0.25) is 0 Å². The molecule has 0 aromatic rings. The Morgan fingerprint density at radius 2 is 1.00 bits per heavy atom. The molecule has 0 aromatic heterocycles. The number of hydrogen-bond acceptors (Lipinski definition) is 3. The molecule has 0 saturated heterocycles. The van der Waals surface area contributed by atoms with E-state index in [2.05, 4.69) is 43.5 Å². The van der Waals surface area contributed by atoms with Gasteiger partial charge in [-0.05, 0) is 44.9 Å². The Kier molecular flexibility index (Phi) is 31.5. The van der Waals surface area contributed by atoms with Gasteiger partial charge in [0.2, 0.25) is 5.91 Å². The lowest BCUT2D eigenvalue weighted by atomic mass is 10.0. The van der Waals surface area contributed by atoms with Gasteiger partial charge in [-0.1, -0.05) is 154 Å². The number of rotatable bonds is 31. The van der Waals surface area contributed by atoms with Gasteiger partial charge >= 0.3 is 0 Å². The average Bonchev–Trinajstić information content (AvgIpc) is 2.93. The normalized spacial score (nSPS) is 13.4. The third kappa shape index (κ3) is 31.4. The average molecular weight is 564 g/mol. The van der Waals surface area contributed by atoms with Crippen LogP contribution in [0.25, 0.3) is 0 Å². The molecular formula is C36H69NO3. The first kappa shape index (κ1) is 38.9. The van der Waals surface area contributed by atoms with Crippen molar-refractivity contribution in [1.82, 2.24) is 5.32 Å². The second-order valence-electron chi connectivity index (χ2n) is 12.0. The van der Waals surface area contributed by atoms with Gasteiger partial charge in [0.15, 0.2) is 0 Å². The molecule has 0 bridgehead atoms. The van der Waals surface area contributed by atoms with E-state index in [9.17, 15) is 15.0 Å². The number of carbonyl (C=O) groups excluding carboxylic acids is 1. The Morgan fingerprint density at radius 1 is 0.575 bits per heavy atom. The van der Waals surface area contributed by atoms with Crippen molar-refractivity contribution in [2.24, 2.45) is 0 Å². The van der Waals surface area contributed by atoms with Crippen molar-refractivity contribution in [3.05, 3.63) is 24.3 Å². The summed E-state index contributed by atoms with van der Waals surface area (Å²) in [5, 5.41) is 23.0. The van der Waals surface area contributed by atoms with Crippen molar-refractivity contribution in [3.8, 4) is 0 Å². The highest BCUT2D eigenvalue weighted by Crippen LogP contribution is 2.14. The van der Waals surface area contributed by atoms with Gasteiger partial charge in [-0.15, -0.1) is 0 Å². The van der Waals surface area contributed by atoms with Gasteiger partial charge in [-0.3, -0.25) is 4.79 Å². The first-order chi connectivity index (χ1) is 19.6. The Morgan fingerprint density at radius 3 is 1.55 bits per heavy atom. The molecule has 4 heteroatoms. The summed E-state index contributed by atoms with van der Waals surface area (Å²) in [4.78, 5) is 12.1. The van der Waals surface area contributed by atoms with Crippen molar-refractivity contribution in [3.63, 3.8) is 0 Å². The van der Waals surface area contributed by atoms with Crippen molar-refractivity contribution in [2.45, 2.75) is 200 Å². The Balaban J connectivity index is 3.47. The monoisotopic (exact) mass is 564 g/mol. The molecule has 0 radical (unpaired) electrons. The first-order valence-corrected chi connectivity index (χ1v) is 17.6. The van der Waals surface area contributed by atoms with Crippen molar-refractivity contribution in [2.75, 3.05) is 0 Å². The van der Waals surface area contributed by atoms with Crippen LogP contribution >= 0.6 is 0 Å². The van der Waals surface area contributed by atoms with E-state index < -0.39 is 12.3 Å². The maximum absolute atomic E-state index is 12.1. The van der Waals surface area contributed by atoms with Gasteiger partial charge in [0.1, 0.15) is 6.23 Å². The molecule has 40 heavy (non-hydrogen) atoms. The molecule has 0 spiro atoms. The molecule has 4 nitrogen and oxygen atoms in total. The summed E-state index contributed by atoms with van der Waals surface area (Å²) in [7, 11) is 0. The van der Waals surface area contributed by atoms with Crippen LogP contribution < -0.4 is 5.32 Å². The van der Waals surface area contributed by atoms with E-state index in [-0.39, 0.29) is 12.3 Å². The summed E-state index contributed by atoms with van der Waals surface area (Å²) in [5.41, 5.74) is 0. The molecule has 1 amide bonds. The Bertz CT molecular complexity index is 574. The smallest absolute Gasteiger partial charge is 0.221 e. The molecule has 2 atom stereocenters. The highest BCUT2D eigenvalue weighted by Gasteiger charge is 2.14. The minimum Gasteiger partial charge on any atom is -0.393 e. The minimum absolute atomic E-state index is 0.105. The summed E-state index contributed by atoms with van der Waals surface area (Å²) in [5.74, 6) is -0.105. The number of allylic oxidation sites excluding steroid dienone is 4. The molecule has 0 aromatic carbocycles. The number of aliphatic hydroxyl groups is 2. The largest absolute Gasteiger partial charge is 0.393 e. The Labute approximate surface area is 249 Å². The second-order valence-corrected chi connectivity index (χ2v) is 12.0. The lowest BCUT2D eigenvalue weighted by Crippen LogP contribution is -2.37. The minimum atomic E-state index is -0.942. The summed E-state index contributed by atoms with van der Waals surface area (Å²) in [6.45, 7) is 4.51. The lowest BCUT2D eigenvalue weighted by Gasteiger charge is -2.17. The maximum atomic E-state index is 12.1. The number of nitrogens with one attached hydrogen (secondary N) is 1. The number of carbonyl (C=O) groups is 1. The number of aliphatic hydroxyl groups excluding tert-OH is 2. The predicted octanol–water partition coefficient (Wildman–Crippen LogP) is 10.5. The fourth-order valence-electron chi connectivity index (χ4n) is 5.19. The van der Waals surface area contributed by atoms with Crippen LogP contribution in [0.3, 0.4) is 0 Å². The van der Waals surface area contributed by atoms with E-state index in [0.29, 0.717) is 12.8 Å². The van der Waals surface area contributed by atoms with Crippen LogP contribution in [0, 0.1) is 0 Å². The van der Waals surface area contributed by atoms with E-state index in [1.165, 1.54) is 109 Å². The van der Waals surface area contributed by atoms with E-state index in [0.717, 1.165) is 44.9 Å². The standard InChI is InChI=1S/C36H69NO3/c1-3-5-7-9-11-13-15-17-18-20-22-24-26-28-30-32-35(39)37-36(40)33-34(38)31-29-27-25-23-21-19-16-14-12-10-8-6-4-2/h11,13,17-18,34,36,38,40H,3-10,12,14-16,19-33H2,1-2H3,(H,37,39)/b13-11-,18-17-. The zero-order valence-electron chi connectivity index (χ0n) is 26.9. The lowest BCUT2D eigenvalue weighted by molar-refractivity contribution is -0.124. The fourth-order valence-corrected chi connectivity index (χ4v) is 5.19. The molecular weight excluding hydrogens is 494 g/mol. The third-order valence-corrected chi connectivity index (χ3v) is 7.82. The van der Waals surface area contributed by atoms with E-state index in [1.807, 2.05) is 0 Å². The predicted molar refractivity (Wildman–Crippen MR) is 174 cm³/mol. The van der Waals surface area contributed by atoms with Gasteiger partial charge in [0.25, 0.3) is 0 Å². The first-order valence-electron chi connectivity index (χ1n) is 17.6. The quantitative estimate of drug-likeness (QED) is 0.0446. The number of amides is 1. The molecule has 0 aliphatic rings. The zero-order valence-corrected chi connectivity index (χ0v) is 26.9. The summed E-state index contributed by atoms with van der Waals surface area (Å²) < 4.78 is 0. The summed E-state index contributed by atoms with van der Waals surface area (Å²) in [6, 6.07) is 0. The van der Waals surface area contributed by atoms with E-state index >= 15 is 0 Å². The van der Waals surface area contributed by atoms with Crippen LogP contribution in [-0.4, -0.2) is 28.5 Å². The number of hydrogen-bond donors (Lipinski definition) is 3. The molecule has 236 valence electrons. The summed E-state index contributed by atoms with van der Waals surface area (Å²) >= 11 is 0. The van der Waals surface area contributed by atoms with Crippen molar-refractivity contribution >= 4 is 5.91 Å². The van der Waals surface area contributed by atoms with Crippen molar-refractivity contribution in [1.29, 1.82) is 0 Å². The molecule has 2 unspecified atom stereocenters. The fraction of sp³-hybridized carbons (Fsp3) is 0.861. The molecule has 0 saturated carbocycles. The highest BCUT2D eigenvalue weighted by atomic mass is 16.3. The van der Waals surface area contributed by atoms with Crippen LogP contribution in [0.4, 0.5) is 0 Å². The Hall–Kier alpha value is -1.13. The van der Waals surface area contributed by atoms with E-state index in [4.69, 9.17) is 0 Å². The highest BCUT2D eigenvalue weighted by molar-refractivity contribution is 5.75. The van der Waals surface area contributed by atoms with Crippen LogP contribution in [0.5, 0.6) is 0 Å². The molecule has 0 heterocycles. The van der Waals surface area contributed by atoms with Gasteiger partial charge in [0.05, 0.1) is 6.10 Å². The van der Waals surface area contributed by atoms with Gasteiger partial charge in [-0.25, -0.2) is 0 Å².